The molecule has 260 valence electrons. The van der Waals surface area contributed by atoms with Crippen LogP contribution < -0.4 is 0 Å². The second-order valence-electron chi connectivity index (χ2n) is 14.4. The van der Waals surface area contributed by atoms with Gasteiger partial charge in [-0.1, -0.05) is 146 Å². The summed E-state index contributed by atoms with van der Waals surface area (Å²) in [5.41, 5.74) is 7.75. The topological polar surface area (TPSA) is 56.7 Å². The van der Waals surface area contributed by atoms with E-state index in [9.17, 15) is 0 Å². The minimum Gasteiger partial charge on any atom is -0.456 e. The summed E-state index contributed by atoms with van der Waals surface area (Å²) in [7, 11) is 0. The average Bonchev–Trinajstić information content (AvgIpc) is 3.79. The Labute approximate surface area is 320 Å². The van der Waals surface area contributed by atoms with Crippen molar-refractivity contribution in [3.8, 4) is 39.9 Å². The van der Waals surface area contributed by atoms with Crippen molar-refractivity contribution in [1.29, 1.82) is 0 Å². The maximum absolute atomic E-state index is 6.75. The first-order valence-corrected chi connectivity index (χ1v) is 18.9. The molecule has 5 heteroatoms. The molecule has 56 heavy (non-hydrogen) atoms. The summed E-state index contributed by atoms with van der Waals surface area (Å²) in [6.07, 6.45) is 0. The Morgan fingerprint density at radius 1 is 0.375 bits per heavy atom. The molecule has 0 radical (unpaired) electrons. The molecule has 0 fully saturated rings. The Morgan fingerprint density at radius 2 is 0.982 bits per heavy atom. The molecule has 0 saturated heterocycles. The highest BCUT2D eigenvalue weighted by molar-refractivity contribution is 6.22. The van der Waals surface area contributed by atoms with Gasteiger partial charge in [-0.3, -0.25) is 0 Å². The van der Waals surface area contributed by atoms with Crippen LogP contribution in [0.5, 0.6) is 0 Å². The Balaban J connectivity index is 1.20. The molecule has 0 atom stereocenters. The first-order chi connectivity index (χ1) is 27.7. The summed E-state index contributed by atoms with van der Waals surface area (Å²) in [6.45, 7) is 0. The number of nitrogens with zero attached hydrogens (tertiary/aromatic N) is 4. The third kappa shape index (κ3) is 4.64. The fourth-order valence-electron chi connectivity index (χ4n) is 8.61. The molecule has 12 rings (SSSR count). The zero-order chi connectivity index (χ0) is 36.7. The molecule has 0 saturated carbocycles. The Morgan fingerprint density at radius 3 is 1.71 bits per heavy atom. The van der Waals surface area contributed by atoms with E-state index in [1.807, 2.05) is 60.7 Å². The molecule has 12 aromatic rings. The van der Waals surface area contributed by atoms with Crippen LogP contribution in [-0.4, -0.2) is 19.5 Å². The van der Waals surface area contributed by atoms with E-state index < -0.39 is 0 Å². The van der Waals surface area contributed by atoms with Crippen LogP contribution in [0.15, 0.2) is 186 Å². The van der Waals surface area contributed by atoms with Crippen LogP contribution in [0, 0.1) is 0 Å². The zero-order valence-corrected chi connectivity index (χ0v) is 30.0. The molecule has 0 spiro atoms. The predicted octanol–water partition coefficient (Wildman–Crippen LogP) is 13.3. The monoisotopic (exact) mass is 714 g/mol. The van der Waals surface area contributed by atoms with Crippen molar-refractivity contribution >= 4 is 76.1 Å². The molecule has 5 nitrogen and oxygen atoms in total. The molecule has 0 amide bonds. The van der Waals surface area contributed by atoms with Gasteiger partial charge in [0.15, 0.2) is 17.5 Å². The first kappa shape index (κ1) is 30.8. The van der Waals surface area contributed by atoms with Crippen molar-refractivity contribution < 1.29 is 4.42 Å². The van der Waals surface area contributed by atoms with Gasteiger partial charge < -0.3 is 8.98 Å². The van der Waals surface area contributed by atoms with E-state index >= 15 is 0 Å². The van der Waals surface area contributed by atoms with Gasteiger partial charge in [0.1, 0.15) is 11.2 Å². The first-order valence-electron chi connectivity index (χ1n) is 18.9. The number of hydrogen-bond donors (Lipinski definition) is 0. The van der Waals surface area contributed by atoms with Gasteiger partial charge in [-0.05, 0) is 63.3 Å². The lowest BCUT2D eigenvalue weighted by molar-refractivity contribution is 0.669. The fourth-order valence-corrected chi connectivity index (χ4v) is 8.61. The maximum atomic E-state index is 6.75. The number of benzene rings is 9. The van der Waals surface area contributed by atoms with Crippen LogP contribution in [0.2, 0.25) is 0 Å². The highest BCUT2D eigenvalue weighted by Crippen LogP contribution is 2.44. The van der Waals surface area contributed by atoms with Crippen LogP contribution in [0.1, 0.15) is 0 Å². The van der Waals surface area contributed by atoms with E-state index in [-0.39, 0.29) is 0 Å². The van der Waals surface area contributed by atoms with E-state index in [0.29, 0.717) is 17.5 Å². The fraction of sp³-hybridized carbons (Fsp3) is 0. The molecule has 3 aromatic heterocycles. The third-order valence-corrected chi connectivity index (χ3v) is 11.2. The SMILES string of the molecule is c1ccc(-c2nc(-c3ccccc3)nc(-c3c4ccccc4cc4oc5ccc(-n6c7cc8ccccc8cc7c7ccc8ccccc8c76)cc5c34)n2)cc1. The van der Waals surface area contributed by atoms with Crippen molar-refractivity contribution in [3.63, 3.8) is 0 Å². The van der Waals surface area contributed by atoms with Crippen molar-refractivity contribution in [2.75, 3.05) is 0 Å². The van der Waals surface area contributed by atoms with Crippen LogP contribution in [-0.2, 0) is 0 Å². The second kappa shape index (κ2) is 11.9. The Kier molecular flexibility index (Phi) is 6.56. The largest absolute Gasteiger partial charge is 0.456 e. The number of hydrogen-bond acceptors (Lipinski definition) is 4. The summed E-state index contributed by atoms with van der Waals surface area (Å²) in [5, 5.41) is 11.4. The van der Waals surface area contributed by atoms with E-state index in [1.54, 1.807) is 0 Å². The average molecular weight is 715 g/mol. The summed E-state index contributed by atoms with van der Waals surface area (Å²) < 4.78 is 9.18. The highest BCUT2D eigenvalue weighted by Gasteiger charge is 2.23. The van der Waals surface area contributed by atoms with Gasteiger partial charge in [0.05, 0.1) is 11.0 Å². The van der Waals surface area contributed by atoms with Gasteiger partial charge in [-0.2, -0.15) is 0 Å². The van der Waals surface area contributed by atoms with Gasteiger partial charge in [-0.25, -0.2) is 15.0 Å². The molecular weight excluding hydrogens is 685 g/mol. The van der Waals surface area contributed by atoms with Crippen LogP contribution in [0.3, 0.4) is 0 Å². The summed E-state index contributed by atoms with van der Waals surface area (Å²) in [5.74, 6) is 1.84. The molecule has 9 aromatic carbocycles. The van der Waals surface area contributed by atoms with E-state index in [1.165, 1.54) is 37.8 Å². The van der Waals surface area contributed by atoms with E-state index in [4.69, 9.17) is 19.4 Å². The summed E-state index contributed by atoms with van der Waals surface area (Å²) in [4.78, 5) is 15.5. The Bertz CT molecular complexity index is 3470. The third-order valence-electron chi connectivity index (χ3n) is 11.2. The predicted molar refractivity (Wildman–Crippen MR) is 230 cm³/mol. The number of furan rings is 1. The normalized spacial score (nSPS) is 11.9. The Hall–Kier alpha value is -7.63. The zero-order valence-electron chi connectivity index (χ0n) is 30.0. The minimum absolute atomic E-state index is 0.599. The molecule has 0 N–H and O–H groups in total. The van der Waals surface area contributed by atoms with Crippen molar-refractivity contribution in [2.45, 2.75) is 0 Å². The van der Waals surface area contributed by atoms with Crippen molar-refractivity contribution in [1.82, 2.24) is 19.5 Å². The van der Waals surface area contributed by atoms with Crippen LogP contribution in [0.4, 0.5) is 0 Å². The van der Waals surface area contributed by atoms with Gasteiger partial charge in [0.2, 0.25) is 0 Å². The number of aromatic nitrogens is 4. The highest BCUT2D eigenvalue weighted by atomic mass is 16.3. The van der Waals surface area contributed by atoms with Crippen LogP contribution in [0.25, 0.3) is 116 Å². The lowest BCUT2D eigenvalue weighted by atomic mass is 9.97. The van der Waals surface area contributed by atoms with Crippen molar-refractivity contribution in [2.24, 2.45) is 0 Å². The van der Waals surface area contributed by atoms with E-state index in [2.05, 4.69) is 126 Å². The van der Waals surface area contributed by atoms with Crippen LogP contribution >= 0.6 is 0 Å². The molecule has 0 aliphatic rings. The molecule has 3 heterocycles. The summed E-state index contributed by atoms with van der Waals surface area (Å²) in [6, 6.07) is 63.9. The minimum atomic E-state index is 0.599. The molecule has 0 bridgehead atoms. The van der Waals surface area contributed by atoms with Gasteiger partial charge in [0, 0.05) is 49.3 Å². The lowest BCUT2D eigenvalue weighted by Crippen LogP contribution is -2.01. The number of rotatable bonds is 4. The molecule has 0 aliphatic heterocycles. The van der Waals surface area contributed by atoms with Crippen molar-refractivity contribution in [3.05, 3.63) is 182 Å². The second-order valence-corrected chi connectivity index (χ2v) is 14.4. The smallest absolute Gasteiger partial charge is 0.165 e. The molecular formula is C51H30N4O. The quantitative estimate of drug-likeness (QED) is 0.182. The number of fused-ring (bicyclic) bond motifs is 10. The van der Waals surface area contributed by atoms with Gasteiger partial charge in [-0.15, -0.1) is 0 Å². The van der Waals surface area contributed by atoms with Gasteiger partial charge in [0.25, 0.3) is 0 Å². The maximum Gasteiger partial charge on any atom is 0.165 e. The molecule has 0 unspecified atom stereocenters. The summed E-state index contributed by atoms with van der Waals surface area (Å²) >= 11 is 0. The van der Waals surface area contributed by atoms with Gasteiger partial charge >= 0.3 is 0 Å². The standard InChI is InChI=1S/C51H30N4O/c1-3-14-32(15-4-1)49-52-50(33-16-5-2-6-17-33)54-51(53-49)47-38-21-11-10-20-36(38)29-45-46(47)42-30-37(24-26-44(42)56-45)55-43-28-35-19-8-7-18-34(35)27-41(43)40-25-23-31-13-9-12-22-39(31)48(40)55/h1-30H. The lowest BCUT2D eigenvalue weighted by Gasteiger charge is -2.12. The van der Waals surface area contributed by atoms with E-state index in [0.717, 1.165) is 60.6 Å². The molecule has 0 aliphatic carbocycles.